The minimum Gasteiger partial charge on any atom is -0.493 e. The average molecular weight is 493 g/mol. The van der Waals surface area contributed by atoms with Gasteiger partial charge in [-0.05, 0) is 31.5 Å². The first-order valence-electron chi connectivity index (χ1n) is 10.6. The molecule has 0 aliphatic carbocycles. The van der Waals surface area contributed by atoms with Gasteiger partial charge in [-0.25, -0.2) is 4.79 Å². The molecule has 1 aromatic heterocycles. The molecule has 3 rings (SSSR count). The lowest BCUT2D eigenvalue weighted by molar-refractivity contribution is 0.0305. The van der Waals surface area contributed by atoms with Crippen LogP contribution >= 0.6 is 11.3 Å². The summed E-state index contributed by atoms with van der Waals surface area (Å²) in [6.45, 7) is 5.33. The number of carbonyl (C=O) groups excluding carboxylic acids is 3. The van der Waals surface area contributed by atoms with Crippen LogP contribution in [0.5, 0.6) is 17.2 Å². The second-order valence-corrected chi connectivity index (χ2v) is 8.27. The van der Waals surface area contributed by atoms with Gasteiger partial charge in [0, 0.05) is 18.7 Å². The fourth-order valence-corrected chi connectivity index (χ4v) is 4.71. The topological polar surface area (TPSA) is 113 Å². The third-order valence-corrected chi connectivity index (χ3v) is 6.47. The third kappa shape index (κ3) is 5.10. The van der Waals surface area contributed by atoms with Gasteiger partial charge >= 0.3 is 5.97 Å². The number of hydrogen-bond donors (Lipinski definition) is 1. The molecule has 10 nitrogen and oxygen atoms in total. The minimum atomic E-state index is -0.613. The molecule has 2 heterocycles. The number of thiophene rings is 1. The van der Waals surface area contributed by atoms with Gasteiger partial charge < -0.3 is 33.9 Å². The Morgan fingerprint density at radius 3 is 2.21 bits per heavy atom. The molecule has 0 spiro atoms. The largest absolute Gasteiger partial charge is 0.493 e. The summed E-state index contributed by atoms with van der Waals surface area (Å²) < 4.78 is 26.5. The maximum Gasteiger partial charge on any atom is 0.341 e. The lowest BCUT2D eigenvalue weighted by atomic mass is 10.1. The van der Waals surface area contributed by atoms with Crippen LogP contribution < -0.4 is 19.5 Å². The highest BCUT2D eigenvalue weighted by molar-refractivity contribution is 7.18. The summed E-state index contributed by atoms with van der Waals surface area (Å²) in [6.07, 6.45) is 0. The molecule has 2 amide bonds. The molecule has 0 saturated carbocycles. The van der Waals surface area contributed by atoms with Crippen LogP contribution in [0.4, 0.5) is 5.00 Å². The van der Waals surface area contributed by atoms with Gasteiger partial charge in [0.25, 0.3) is 11.8 Å². The Balaban J connectivity index is 1.99. The van der Waals surface area contributed by atoms with Crippen molar-refractivity contribution in [2.75, 3.05) is 59.6 Å². The minimum absolute atomic E-state index is 0.154. The molecule has 0 radical (unpaired) electrons. The molecule has 1 saturated heterocycles. The van der Waals surface area contributed by atoms with Crippen LogP contribution in [0.25, 0.3) is 0 Å². The number of hydrogen-bond acceptors (Lipinski definition) is 9. The maximum absolute atomic E-state index is 13.2. The highest BCUT2D eigenvalue weighted by atomic mass is 32.1. The van der Waals surface area contributed by atoms with E-state index in [1.54, 1.807) is 18.7 Å². The van der Waals surface area contributed by atoms with Gasteiger partial charge in [0.2, 0.25) is 5.75 Å². The van der Waals surface area contributed by atoms with Crippen molar-refractivity contribution in [1.29, 1.82) is 0 Å². The molecule has 184 valence electrons. The van der Waals surface area contributed by atoms with E-state index in [4.69, 9.17) is 23.7 Å². The normalized spacial score (nSPS) is 13.3. The van der Waals surface area contributed by atoms with E-state index < -0.39 is 11.9 Å². The summed E-state index contributed by atoms with van der Waals surface area (Å²) in [6, 6.07) is 3.00. The van der Waals surface area contributed by atoms with Gasteiger partial charge in [0.15, 0.2) is 11.5 Å². The predicted molar refractivity (Wildman–Crippen MR) is 126 cm³/mol. The second kappa shape index (κ2) is 11.2. The Morgan fingerprint density at radius 1 is 1.06 bits per heavy atom. The molecule has 0 atom stereocenters. The van der Waals surface area contributed by atoms with Gasteiger partial charge in [-0.2, -0.15) is 0 Å². The monoisotopic (exact) mass is 492 g/mol. The number of anilines is 1. The van der Waals surface area contributed by atoms with Crippen LogP contribution in [0.15, 0.2) is 12.1 Å². The van der Waals surface area contributed by atoms with E-state index in [2.05, 4.69) is 5.32 Å². The number of rotatable bonds is 8. The lowest BCUT2D eigenvalue weighted by Gasteiger charge is -2.26. The molecular weight excluding hydrogens is 464 g/mol. The highest BCUT2D eigenvalue weighted by Crippen LogP contribution is 2.39. The van der Waals surface area contributed by atoms with E-state index in [1.807, 2.05) is 0 Å². The first-order valence-corrected chi connectivity index (χ1v) is 11.5. The molecule has 34 heavy (non-hydrogen) atoms. The Labute approximate surface area is 201 Å². The van der Waals surface area contributed by atoms with Crippen LogP contribution in [0.3, 0.4) is 0 Å². The van der Waals surface area contributed by atoms with E-state index in [0.717, 1.165) is 11.3 Å². The number of morpholine rings is 1. The van der Waals surface area contributed by atoms with E-state index in [-0.39, 0.29) is 28.6 Å². The number of carbonyl (C=O) groups is 3. The quantitative estimate of drug-likeness (QED) is 0.560. The van der Waals surface area contributed by atoms with Crippen molar-refractivity contribution in [2.45, 2.75) is 13.8 Å². The molecule has 0 unspecified atom stereocenters. The number of ether oxygens (including phenoxy) is 5. The third-order valence-electron chi connectivity index (χ3n) is 5.27. The van der Waals surface area contributed by atoms with E-state index in [9.17, 15) is 14.4 Å². The Morgan fingerprint density at radius 2 is 1.68 bits per heavy atom. The summed E-state index contributed by atoms with van der Waals surface area (Å²) in [5.74, 6) is -0.385. The number of methoxy groups -OCH3 is 3. The van der Waals surface area contributed by atoms with Crippen LogP contribution in [-0.4, -0.2) is 76.9 Å². The Bertz CT molecular complexity index is 1050. The fraction of sp³-hybridized carbons (Fsp3) is 0.435. The van der Waals surface area contributed by atoms with Crippen molar-refractivity contribution in [2.24, 2.45) is 0 Å². The molecule has 1 aliphatic heterocycles. The number of nitrogens with one attached hydrogen (secondary N) is 1. The summed E-state index contributed by atoms with van der Waals surface area (Å²) in [7, 11) is 4.36. The number of nitrogens with zero attached hydrogens (tertiary/aromatic N) is 1. The van der Waals surface area contributed by atoms with Gasteiger partial charge in [0.05, 0.1) is 51.6 Å². The Kier molecular flexibility index (Phi) is 8.35. The number of amides is 2. The molecule has 1 fully saturated rings. The first kappa shape index (κ1) is 25.3. The fourth-order valence-electron chi connectivity index (χ4n) is 3.55. The van der Waals surface area contributed by atoms with Crippen LogP contribution in [0.2, 0.25) is 0 Å². The van der Waals surface area contributed by atoms with Gasteiger partial charge in [-0.15, -0.1) is 11.3 Å². The van der Waals surface area contributed by atoms with Crippen molar-refractivity contribution in [3.63, 3.8) is 0 Å². The summed E-state index contributed by atoms with van der Waals surface area (Å²) in [5, 5.41) is 2.98. The SMILES string of the molecule is CCOC(=O)c1c(NC(=O)c2cc(OC)c(OC)c(OC)c2)sc(C(=O)N2CCOCC2)c1C. The van der Waals surface area contributed by atoms with Crippen molar-refractivity contribution in [1.82, 2.24) is 4.90 Å². The van der Waals surface area contributed by atoms with Gasteiger partial charge in [-0.1, -0.05) is 0 Å². The van der Waals surface area contributed by atoms with Crippen molar-refractivity contribution < 1.29 is 38.1 Å². The molecular formula is C23H28N2O8S. The smallest absolute Gasteiger partial charge is 0.341 e. The highest BCUT2D eigenvalue weighted by Gasteiger charge is 2.30. The molecule has 1 aliphatic rings. The molecule has 1 aromatic carbocycles. The van der Waals surface area contributed by atoms with Crippen molar-refractivity contribution >= 4 is 34.1 Å². The number of benzene rings is 1. The summed E-state index contributed by atoms with van der Waals surface area (Å²) >= 11 is 1.04. The second-order valence-electron chi connectivity index (χ2n) is 7.25. The zero-order chi connectivity index (χ0) is 24.8. The zero-order valence-electron chi connectivity index (χ0n) is 19.8. The Hall–Kier alpha value is -3.31. The molecule has 11 heteroatoms. The number of esters is 1. The lowest BCUT2D eigenvalue weighted by Crippen LogP contribution is -2.40. The van der Waals surface area contributed by atoms with Crippen molar-refractivity contribution in [3.05, 3.63) is 33.7 Å². The first-order chi connectivity index (χ1) is 16.4. The predicted octanol–water partition coefficient (Wildman–Crippen LogP) is 2.98. The average Bonchev–Trinajstić information content (AvgIpc) is 3.18. The maximum atomic E-state index is 13.2. The van der Waals surface area contributed by atoms with Gasteiger partial charge in [0.1, 0.15) is 5.00 Å². The molecule has 2 aromatic rings. The van der Waals surface area contributed by atoms with Crippen LogP contribution in [-0.2, 0) is 9.47 Å². The molecule has 0 bridgehead atoms. The van der Waals surface area contributed by atoms with E-state index in [1.165, 1.54) is 33.5 Å². The van der Waals surface area contributed by atoms with Crippen molar-refractivity contribution in [3.8, 4) is 17.2 Å². The summed E-state index contributed by atoms with van der Waals surface area (Å²) in [5.41, 5.74) is 0.834. The molecule has 1 N–H and O–H groups in total. The van der Waals surface area contributed by atoms with Gasteiger partial charge in [-0.3, -0.25) is 9.59 Å². The van der Waals surface area contributed by atoms with Crippen LogP contribution in [0.1, 0.15) is 42.9 Å². The van der Waals surface area contributed by atoms with E-state index >= 15 is 0 Å². The van der Waals surface area contributed by atoms with Crippen LogP contribution in [0, 0.1) is 6.92 Å². The van der Waals surface area contributed by atoms with E-state index in [0.29, 0.717) is 54.0 Å². The zero-order valence-corrected chi connectivity index (χ0v) is 20.6. The standard InChI is InChI=1S/C23H28N2O8S/c1-6-33-23(28)17-13(2)19(22(27)25-7-9-32-10-8-25)34-21(17)24-20(26)14-11-15(29-3)18(31-5)16(12-14)30-4/h11-12H,6-10H2,1-5H3,(H,24,26). The summed E-state index contributed by atoms with van der Waals surface area (Å²) in [4.78, 5) is 41.1.